The molecule has 0 aliphatic carbocycles. The summed E-state index contributed by atoms with van der Waals surface area (Å²) in [4.78, 5) is 30.7. The average Bonchev–Trinajstić information content (AvgIpc) is 3.31. The zero-order valence-electron chi connectivity index (χ0n) is 21.6. The first-order valence-corrected chi connectivity index (χ1v) is 13.7. The highest BCUT2D eigenvalue weighted by Crippen LogP contribution is 2.30. The lowest BCUT2D eigenvalue weighted by Gasteiger charge is -2.41. The molecule has 0 aromatic carbocycles. The van der Waals surface area contributed by atoms with Gasteiger partial charge in [-0.1, -0.05) is 18.9 Å². The Labute approximate surface area is 220 Å². The van der Waals surface area contributed by atoms with Crippen LogP contribution < -0.4 is 10.0 Å². The molecule has 2 atom stereocenters. The monoisotopic (exact) mass is 529 g/mol. The standard InChI is InChI=1S/C26H33F2N7OS/c1-5-21(27)22(28)10-16(2)31-26-30-13-19-14-34(15-23(19)32-26)20-7-9-35(17(3)11-20)25(36)18-6-8-29-24(12-18)33-37-4/h6,8,10,12-13,17,20H,5,7,9,11,14-15H2,1-4H3,(H,29,33)(H,30,31,32)/b16-10+,22-21-/t17-,20-/m1/s1. The fraction of sp³-hybridized carbons (Fsp3) is 0.462. The van der Waals surface area contributed by atoms with Crippen molar-refractivity contribution in [2.45, 2.75) is 65.2 Å². The van der Waals surface area contributed by atoms with Gasteiger partial charge in [0.2, 0.25) is 5.95 Å². The van der Waals surface area contributed by atoms with E-state index in [9.17, 15) is 13.6 Å². The number of rotatable bonds is 8. The smallest absolute Gasteiger partial charge is 0.254 e. The number of hydrogen-bond donors (Lipinski definition) is 2. The van der Waals surface area contributed by atoms with E-state index in [2.05, 4.69) is 36.8 Å². The Kier molecular flexibility index (Phi) is 8.75. The van der Waals surface area contributed by atoms with E-state index < -0.39 is 11.7 Å². The van der Waals surface area contributed by atoms with Crippen molar-refractivity contribution in [1.82, 2.24) is 24.8 Å². The minimum Gasteiger partial charge on any atom is -0.336 e. The molecule has 4 heterocycles. The number of likely N-dealkylation sites (tertiary alicyclic amines) is 1. The molecular weight excluding hydrogens is 496 g/mol. The van der Waals surface area contributed by atoms with Crippen LogP contribution in [0, 0.1) is 0 Å². The third kappa shape index (κ3) is 6.45. The molecular formula is C26H33F2N7OS. The zero-order chi connectivity index (χ0) is 26.5. The molecule has 2 N–H and O–H groups in total. The van der Waals surface area contributed by atoms with Gasteiger partial charge in [-0.3, -0.25) is 9.69 Å². The van der Waals surface area contributed by atoms with Gasteiger partial charge in [0.25, 0.3) is 5.91 Å². The summed E-state index contributed by atoms with van der Waals surface area (Å²) < 4.78 is 30.3. The van der Waals surface area contributed by atoms with Crippen molar-refractivity contribution in [3.8, 4) is 0 Å². The van der Waals surface area contributed by atoms with E-state index in [1.54, 1.807) is 38.4 Å². The highest BCUT2D eigenvalue weighted by Gasteiger charge is 2.35. The molecule has 2 aromatic rings. The number of carbonyl (C=O) groups is 1. The molecule has 4 rings (SSSR count). The van der Waals surface area contributed by atoms with Crippen LogP contribution in [0.2, 0.25) is 0 Å². The normalized spacial score (nSPS) is 20.9. The van der Waals surface area contributed by atoms with E-state index in [4.69, 9.17) is 0 Å². The summed E-state index contributed by atoms with van der Waals surface area (Å²) in [6.45, 7) is 7.43. The number of carbonyl (C=O) groups excluding carboxylic acids is 1. The zero-order valence-corrected chi connectivity index (χ0v) is 22.4. The molecule has 1 saturated heterocycles. The minimum atomic E-state index is -0.889. The number of pyridine rings is 1. The van der Waals surface area contributed by atoms with E-state index in [-0.39, 0.29) is 18.4 Å². The van der Waals surface area contributed by atoms with Crippen LogP contribution in [0.15, 0.2) is 48.0 Å². The number of hydrogen-bond acceptors (Lipinski definition) is 8. The molecule has 2 aliphatic rings. The lowest BCUT2D eigenvalue weighted by Crippen LogP contribution is -2.50. The summed E-state index contributed by atoms with van der Waals surface area (Å²) in [6, 6.07) is 3.98. The quantitative estimate of drug-likeness (QED) is 0.345. The van der Waals surface area contributed by atoms with Gasteiger partial charge >= 0.3 is 0 Å². The van der Waals surface area contributed by atoms with E-state index in [1.807, 2.05) is 11.2 Å². The molecule has 1 fully saturated rings. The Balaban J connectivity index is 1.36. The van der Waals surface area contributed by atoms with E-state index >= 15 is 0 Å². The first-order chi connectivity index (χ1) is 17.8. The molecule has 8 nitrogen and oxygen atoms in total. The molecule has 0 saturated carbocycles. The molecule has 198 valence electrons. The lowest BCUT2D eigenvalue weighted by molar-refractivity contribution is 0.0460. The van der Waals surface area contributed by atoms with Gasteiger partial charge in [-0.15, -0.1) is 0 Å². The average molecular weight is 530 g/mol. The Hall–Kier alpha value is -3.05. The number of nitrogens with zero attached hydrogens (tertiary/aromatic N) is 5. The summed E-state index contributed by atoms with van der Waals surface area (Å²) in [5.41, 5.74) is 3.05. The number of nitrogens with one attached hydrogen (secondary N) is 2. The Morgan fingerprint density at radius 1 is 1.30 bits per heavy atom. The summed E-state index contributed by atoms with van der Waals surface area (Å²) in [5, 5.41) is 2.95. The van der Waals surface area contributed by atoms with Gasteiger partial charge in [0.1, 0.15) is 11.6 Å². The highest BCUT2D eigenvalue weighted by molar-refractivity contribution is 7.99. The molecule has 37 heavy (non-hydrogen) atoms. The Morgan fingerprint density at radius 3 is 2.84 bits per heavy atom. The number of fused-ring (bicyclic) bond motifs is 1. The molecule has 1 amide bonds. The van der Waals surface area contributed by atoms with Crippen LogP contribution in [-0.2, 0) is 13.1 Å². The first kappa shape index (κ1) is 27.0. The second-order valence-corrected chi connectivity index (χ2v) is 10.0. The molecule has 0 unspecified atom stereocenters. The van der Waals surface area contributed by atoms with E-state index in [0.29, 0.717) is 42.2 Å². The second-order valence-electron chi connectivity index (χ2n) is 9.39. The number of amides is 1. The third-order valence-electron chi connectivity index (χ3n) is 6.74. The van der Waals surface area contributed by atoms with Crippen LogP contribution in [-0.4, -0.2) is 55.5 Å². The number of halogens is 2. The number of piperidine rings is 1. The second kappa shape index (κ2) is 12.0. The SMILES string of the molecule is CC/C(F)=C(F)\C=C(/C)Nc1ncc2c(n1)CN([C@@H]1CCN(C(=O)c3ccnc(NSC)c3)[C@H](C)C1)C2. The molecule has 11 heteroatoms. The van der Waals surface area contributed by atoms with Gasteiger partial charge in [-0.05, 0) is 51.3 Å². The molecule has 2 aliphatic heterocycles. The summed E-state index contributed by atoms with van der Waals surface area (Å²) in [6.07, 6.45) is 8.23. The van der Waals surface area contributed by atoms with Crippen molar-refractivity contribution in [2.24, 2.45) is 0 Å². The third-order valence-corrected chi connectivity index (χ3v) is 7.15. The minimum absolute atomic E-state index is 0.00679. The maximum atomic E-state index is 13.8. The van der Waals surface area contributed by atoms with Gasteiger partial charge in [-0.25, -0.2) is 23.7 Å². The van der Waals surface area contributed by atoms with E-state index in [1.165, 1.54) is 11.9 Å². The van der Waals surface area contributed by atoms with E-state index in [0.717, 1.165) is 36.7 Å². The first-order valence-electron chi connectivity index (χ1n) is 12.4. The molecule has 0 spiro atoms. The van der Waals surface area contributed by atoms with Crippen molar-refractivity contribution in [1.29, 1.82) is 0 Å². The van der Waals surface area contributed by atoms with Crippen LogP contribution in [0.25, 0.3) is 0 Å². The predicted molar refractivity (Wildman–Crippen MR) is 143 cm³/mol. The van der Waals surface area contributed by atoms with Crippen LogP contribution in [0.1, 0.15) is 61.6 Å². The lowest BCUT2D eigenvalue weighted by atomic mass is 9.96. The van der Waals surface area contributed by atoms with Gasteiger partial charge in [0.05, 0.1) is 5.69 Å². The highest BCUT2D eigenvalue weighted by atomic mass is 32.2. The predicted octanol–water partition coefficient (Wildman–Crippen LogP) is 5.45. The van der Waals surface area contributed by atoms with Crippen molar-refractivity contribution in [3.05, 3.63) is 64.8 Å². The molecule has 0 bridgehead atoms. The number of anilines is 2. The Morgan fingerprint density at radius 2 is 2.11 bits per heavy atom. The number of allylic oxidation sites excluding steroid dienone is 4. The number of aromatic nitrogens is 3. The van der Waals surface area contributed by atoms with Gasteiger partial charge in [-0.2, -0.15) is 0 Å². The fourth-order valence-electron chi connectivity index (χ4n) is 4.82. The van der Waals surface area contributed by atoms with Crippen LogP contribution in [0.5, 0.6) is 0 Å². The van der Waals surface area contributed by atoms with Crippen molar-refractivity contribution in [3.63, 3.8) is 0 Å². The van der Waals surface area contributed by atoms with Crippen LogP contribution in [0.3, 0.4) is 0 Å². The summed E-state index contributed by atoms with van der Waals surface area (Å²) in [7, 11) is 0. The fourth-order valence-corrected chi connectivity index (χ4v) is 5.14. The van der Waals surface area contributed by atoms with Crippen molar-refractivity contribution < 1.29 is 13.6 Å². The van der Waals surface area contributed by atoms with Gasteiger partial charge in [0.15, 0.2) is 5.83 Å². The maximum Gasteiger partial charge on any atom is 0.254 e. The maximum absolute atomic E-state index is 13.8. The summed E-state index contributed by atoms with van der Waals surface area (Å²) in [5.74, 6) is -0.615. The topological polar surface area (TPSA) is 86.3 Å². The molecule has 2 aromatic heterocycles. The largest absolute Gasteiger partial charge is 0.336 e. The van der Waals surface area contributed by atoms with Gasteiger partial charge < -0.3 is 14.9 Å². The van der Waals surface area contributed by atoms with Crippen LogP contribution >= 0.6 is 11.9 Å². The van der Waals surface area contributed by atoms with Gasteiger partial charge in [0, 0.05) is 67.2 Å². The Bertz CT molecular complexity index is 1210. The summed E-state index contributed by atoms with van der Waals surface area (Å²) >= 11 is 1.44. The van der Waals surface area contributed by atoms with Crippen molar-refractivity contribution >= 4 is 29.6 Å². The van der Waals surface area contributed by atoms with Crippen LogP contribution in [0.4, 0.5) is 20.5 Å². The molecule has 0 radical (unpaired) electrons. The van der Waals surface area contributed by atoms with Crippen molar-refractivity contribution in [2.75, 3.05) is 22.8 Å².